The Balaban J connectivity index is 1.13. The summed E-state index contributed by atoms with van der Waals surface area (Å²) in [7, 11) is 0. The van der Waals surface area contributed by atoms with Crippen molar-refractivity contribution in [1.82, 2.24) is 24.9 Å². The fraction of sp³-hybridized carbons (Fsp3) is 0.564. The first kappa shape index (κ1) is 32.8. The van der Waals surface area contributed by atoms with Crippen molar-refractivity contribution < 1.29 is 15.0 Å². The molecule has 5 fully saturated rings. The SMILES string of the molecule is O=C1C(=Cc2cc(CN3CCCC3)cc(CN3CCC(O)C3)c2)CNCC1=Cc1cc(CN2CCCC2)cc(CN2CCC(O)C2)c1. The molecule has 2 atom stereocenters. The molecule has 8 heteroatoms. The van der Waals surface area contributed by atoms with Gasteiger partial charge in [0.1, 0.15) is 0 Å². The summed E-state index contributed by atoms with van der Waals surface area (Å²) in [6.07, 6.45) is 10.5. The highest BCUT2D eigenvalue weighted by Crippen LogP contribution is 2.25. The van der Waals surface area contributed by atoms with Gasteiger partial charge in [-0.15, -0.1) is 0 Å². The largest absolute Gasteiger partial charge is 0.392 e. The van der Waals surface area contributed by atoms with Gasteiger partial charge in [0, 0.05) is 76.6 Å². The summed E-state index contributed by atoms with van der Waals surface area (Å²) in [4.78, 5) is 23.7. The van der Waals surface area contributed by atoms with Gasteiger partial charge >= 0.3 is 0 Å². The molecule has 5 aliphatic rings. The molecule has 5 heterocycles. The van der Waals surface area contributed by atoms with Gasteiger partial charge in [-0.3, -0.25) is 24.4 Å². The zero-order valence-electron chi connectivity index (χ0n) is 28.0. The van der Waals surface area contributed by atoms with Crippen LogP contribution in [0.25, 0.3) is 12.2 Å². The molecule has 8 nitrogen and oxygen atoms in total. The highest BCUT2D eigenvalue weighted by molar-refractivity contribution is 6.14. The summed E-state index contributed by atoms with van der Waals surface area (Å²) < 4.78 is 0. The number of rotatable bonds is 10. The van der Waals surface area contributed by atoms with E-state index in [9.17, 15) is 15.0 Å². The van der Waals surface area contributed by atoms with Crippen molar-refractivity contribution in [2.75, 3.05) is 65.4 Å². The molecule has 0 aliphatic carbocycles. The normalized spacial score (nSPS) is 26.9. The summed E-state index contributed by atoms with van der Waals surface area (Å²) in [6, 6.07) is 13.7. The average Bonchev–Trinajstić information content (AvgIpc) is 3.87. The lowest BCUT2D eigenvalue weighted by atomic mass is 9.94. The van der Waals surface area contributed by atoms with Crippen LogP contribution in [0.5, 0.6) is 0 Å². The van der Waals surface area contributed by atoms with E-state index in [0.717, 1.165) is 114 Å². The summed E-state index contributed by atoms with van der Waals surface area (Å²) in [5.74, 6) is 0.132. The van der Waals surface area contributed by atoms with Gasteiger partial charge < -0.3 is 15.5 Å². The molecule has 47 heavy (non-hydrogen) atoms. The van der Waals surface area contributed by atoms with Gasteiger partial charge in [-0.1, -0.05) is 36.4 Å². The smallest absolute Gasteiger partial charge is 0.187 e. The number of carbonyl (C=O) groups excluding carboxylic acids is 1. The molecule has 0 saturated carbocycles. The van der Waals surface area contributed by atoms with Gasteiger partial charge in [-0.25, -0.2) is 0 Å². The highest BCUT2D eigenvalue weighted by atomic mass is 16.3. The number of hydrogen-bond acceptors (Lipinski definition) is 8. The number of carbonyl (C=O) groups is 1. The van der Waals surface area contributed by atoms with Crippen LogP contribution in [0.4, 0.5) is 0 Å². The Labute approximate surface area is 280 Å². The molecule has 252 valence electrons. The second kappa shape index (κ2) is 15.2. The number of Topliss-reactive ketones (excluding diaryl/α,β-unsaturated/α-hetero) is 1. The Morgan fingerprint density at radius 3 is 1.32 bits per heavy atom. The Hall–Kier alpha value is -2.69. The van der Waals surface area contributed by atoms with Gasteiger partial charge in [0.15, 0.2) is 5.78 Å². The van der Waals surface area contributed by atoms with Crippen molar-refractivity contribution in [3.05, 3.63) is 80.9 Å². The van der Waals surface area contributed by atoms with Crippen molar-refractivity contribution >= 4 is 17.9 Å². The van der Waals surface area contributed by atoms with E-state index in [-0.39, 0.29) is 18.0 Å². The second-order valence-corrected chi connectivity index (χ2v) is 14.8. The average molecular weight is 640 g/mol. The first-order chi connectivity index (χ1) is 22.9. The summed E-state index contributed by atoms with van der Waals surface area (Å²) in [5.41, 5.74) is 8.90. The van der Waals surface area contributed by atoms with Crippen LogP contribution < -0.4 is 5.32 Å². The van der Waals surface area contributed by atoms with Gasteiger partial charge in [0.25, 0.3) is 0 Å². The number of aliphatic hydroxyl groups excluding tert-OH is 2. The zero-order chi connectivity index (χ0) is 32.2. The lowest BCUT2D eigenvalue weighted by Gasteiger charge is -2.21. The summed E-state index contributed by atoms with van der Waals surface area (Å²) in [6.45, 7) is 12.6. The number of ketones is 1. The molecule has 2 unspecified atom stereocenters. The third-order valence-electron chi connectivity index (χ3n) is 10.6. The van der Waals surface area contributed by atoms with Crippen molar-refractivity contribution in [3.63, 3.8) is 0 Å². The van der Waals surface area contributed by atoms with Gasteiger partial charge in [-0.2, -0.15) is 0 Å². The fourth-order valence-electron chi connectivity index (χ4n) is 8.27. The number of nitrogens with zero attached hydrogens (tertiary/aromatic N) is 4. The summed E-state index contributed by atoms with van der Waals surface area (Å²) in [5, 5.41) is 23.7. The quantitative estimate of drug-likeness (QED) is 0.340. The molecule has 0 spiro atoms. The van der Waals surface area contributed by atoms with Crippen molar-refractivity contribution in [2.24, 2.45) is 0 Å². The maximum absolute atomic E-state index is 14.0. The van der Waals surface area contributed by atoms with Crippen LogP contribution in [-0.2, 0) is 31.0 Å². The minimum atomic E-state index is -0.231. The van der Waals surface area contributed by atoms with Gasteiger partial charge in [0.2, 0.25) is 0 Å². The van der Waals surface area contributed by atoms with Crippen LogP contribution in [0.2, 0.25) is 0 Å². The maximum atomic E-state index is 14.0. The van der Waals surface area contributed by atoms with E-state index < -0.39 is 0 Å². The van der Waals surface area contributed by atoms with Crippen LogP contribution >= 0.6 is 0 Å². The predicted octanol–water partition coefficient (Wildman–Crippen LogP) is 3.65. The zero-order valence-corrected chi connectivity index (χ0v) is 28.0. The summed E-state index contributed by atoms with van der Waals surface area (Å²) >= 11 is 0. The van der Waals surface area contributed by atoms with Crippen molar-refractivity contribution in [1.29, 1.82) is 0 Å². The Kier molecular flexibility index (Phi) is 10.7. The monoisotopic (exact) mass is 639 g/mol. The van der Waals surface area contributed by atoms with Crippen LogP contribution in [0.3, 0.4) is 0 Å². The standard InChI is InChI=1S/C39H53N5O3/c45-37-5-11-43(27-37)25-33-15-29(13-31(17-33)23-41-7-1-2-8-41)19-35-21-40-22-36(39(35)47)20-30-14-32(24-42-9-3-4-10-42)18-34(16-30)26-44-12-6-38(46)28-44/h13-20,37-38,40,45-46H,1-12,21-28H2. The third kappa shape index (κ3) is 8.86. The lowest BCUT2D eigenvalue weighted by molar-refractivity contribution is -0.112. The van der Waals surface area contributed by atoms with Crippen LogP contribution in [-0.4, -0.2) is 113 Å². The number of aliphatic hydroxyl groups is 2. The maximum Gasteiger partial charge on any atom is 0.187 e. The first-order valence-corrected chi connectivity index (χ1v) is 18.1. The van der Waals surface area contributed by atoms with E-state index >= 15 is 0 Å². The Morgan fingerprint density at radius 2 is 0.957 bits per heavy atom. The van der Waals surface area contributed by atoms with E-state index in [1.54, 1.807) is 0 Å². The second-order valence-electron chi connectivity index (χ2n) is 14.8. The third-order valence-corrected chi connectivity index (χ3v) is 10.6. The molecule has 0 aromatic heterocycles. The molecule has 5 aliphatic heterocycles. The molecule has 7 rings (SSSR count). The van der Waals surface area contributed by atoms with Gasteiger partial charge in [-0.05, 0) is 110 Å². The van der Waals surface area contributed by atoms with E-state index in [1.165, 1.54) is 47.9 Å². The molecule has 3 N–H and O–H groups in total. The van der Waals surface area contributed by atoms with Crippen molar-refractivity contribution in [2.45, 2.75) is 76.9 Å². The number of β-amino-alcohol motifs (C(OH)–C–C–N with tert-alkyl or cyclic N) is 2. The number of hydrogen-bond donors (Lipinski definition) is 3. The van der Waals surface area contributed by atoms with E-state index in [1.807, 2.05) is 0 Å². The van der Waals surface area contributed by atoms with E-state index in [4.69, 9.17) is 0 Å². The molecule has 0 amide bonds. The first-order valence-electron chi connectivity index (χ1n) is 18.1. The number of piperidine rings is 1. The fourth-order valence-corrected chi connectivity index (χ4v) is 8.27. The molecular formula is C39H53N5O3. The minimum absolute atomic E-state index is 0.132. The molecule has 0 radical (unpaired) electrons. The topological polar surface area (TPSA) is 82.5 Å². The predicted molar refractivity (Wildman–Crippen MR) is 188 cm³/mol. The van der Waals surface area contributed by atoms with Crippen molar-refractivity contribution in [3.8, 4) is 0 Å². The number of likely N-dealkylation sites (tertiary alicyclic amines) is 4. The van der Waals surface area contributed by atoms with Crippen LogP contribution in [0.1, 0.15) is 71.9 Å². The van der Waals surface area contributed by atoms with E-state index in [0.29, 0.717) is 13.1 Å². The van der Waals surface area contributed by atoms with Crippen LogP contribution in [0.15, 0.2) is 47.5 Å². The lowest BCUT2D eigenvalue weighted by Crippen LogP contribution is -2.32. The van der Waals surface area contributed by atoms with E-state index in [2.05, 4.69) is 73.5 Å². The molecule has 2 aromatic rings. The molecular weight excluding hydrogens is 586 g/mol. The molecule has 2 aromatic carbocycles. The van der Waals surface area contributed by atoms with Crippen LogP contribution in [0, 0.1) is 0 Å². The Bertz CT molecular complexity index is 1370. The molecule has 5 saturated heterocycles. The minimum Gasteiger partial charge on any atom is -0.392 e. The Morgan fingerprint density at radius 1 is 0.574 bits per heavy atom. The number of benzene rings is 2. The highest BCUT2D eigenvalue weighted by Gasteiger charge is 2.24. The number of nitrogens with one attached hydrogen (secondary N) is 1. The molecule has 0 bridgehead atoms. The van der Waals surface area contributed by atoms with Gasteiger partial charge in [0.05, 0.1) is 12.2 Å².